The number of carbonyl (C=O) groups is 2. The number of rotatable bonds is 5. The molecular formula is C20H21NO4. The third-order valence-corrected chi connectivity index (χ3v) is 4.63. The van der Waals surface area contributed by atoms with Crippen molar-refractivity contribution in [2.24, 2.45) is 5.92 Å². The zero-order chi connectivity index (χ0) is 17.8. The van der Waals surface area contributed by atoms with E-state index >= 15 is 0 Å². The Balaban J connectivity index is 1.81. The summed E-state index contributed by atoms with van der Waals surface area (Å²) in [7, 11) is 1.62. The Bertz CT molecular complexity index is 742. The molecule has 0 aliphatic carbocycles. The number of benzene rings is 2. The third-order valence-electron chi connectivity index (χ3n) is 4.63. The summed E-state index contributed by atoms with van der Waals surface area (Å²) < 4.78 is 5.16. The molecule has 0 amide bonds. The molecule has 0 saturated carbocycles. The topological polar surface area (TPSA) is 66.8 Å². The number of nitrogens with zero attached hydrogens (tertiary/aromatic N) is 1. The van der Waals surface area contributed by atoms with Crippen LogP contribution in [0.3, 0.4) is 0 Å². The molecule has 3 rings (SSSR count). The fraction of sp³-hybridized carbons (Fsp3) is 0.300. The fourth-order valence-electron chi connectivity index (χ4n) is 3.29. The van der Waals surface area contributed by atoms with E-state index in [0.717, 1.165) is 16.9 Å². The smallest absolute Gasteiger partial charge is 0.315 e. The average molecular weight is 339 g/mol. The zero-order valence-electron chi connectivity index (χ0n) is 14.1. The molecule has 5 nitrogen and oxygen atoms in total. The van der Waals surface area contributed by atoms with Crippen molar-refractivity contribution in [1.82, 2.24) is 4.90 Å². The number of carbonyl (C=O) groups excluding carboxylic acids is 1. The molecule has 1 aliphatic rings. The molecule has 2 aromatic carbocycles. The van der Waals surface area contributed by atoms with Gasteiger partial charge in [0, 0.05) is 19.6 Å². The number of carboxylic acids is 1. The number of ketones is 1. The average Bonchev–Trinajstić information content (AvgIpc) is 2.64. The predicted octanol–water partition coefficient (Wildman–Crippen LogP) is 2.56. The molecule has 1 aliphatic heterocycles. The van der Waals surface area contributed by atoms with Gasteiger partial charge in [0.25, 0.3) is 0 Å². The van der Waals surface area contributed by atoms with E-state index in [2.05, 4.69) is 0 Å². The number of piperidine rings is 1. The minimum absolute atomic E-state index is 0.204. The molecule has 0 spiro atoms. The van der Waals surface area contributed by atoms with Crippen LogP contribution in [-0.4, -0.2) is 42.0 Å². The van der Waals surface area contributed by atoms with Gasteiger partial charge in [-0.3, -0.25) is 14.5 Å². The Morgan fingerprint density at radius 2 is 1.80 bits per heavy atom. The van der Waals surface area contributed by atoms with E-state index in [1.165, 1.54) is 0 Å². The van der Waals surface area contributed by atoms with Gasteiger partial charge in [0.1, 0.15) is 11.7 Å². The van der Waals surface area contributed by atoms with Crippen LogP contribution in [0.25, 0.3) is 0 Å². The highest BCUT2D eigenvalue weighted by Gasteiger charge is 2.39. The Morgan fingerprint density at radius 3 is 2.40 bits per heavy atom. The third kappa shape index (κ3) is 3.88. The summed E-state index contributed by atoms with van der Waals surface area (Å²) in [6.45, 7) is 1.37. The predicted molar refractivity (Wildman–Crippen MR) is 93.6 cm³/mol. The number of likely N-dealkylation sites (tertiary alicyclic amines) is 1. The first-order chi connectivity index (χ1) is 12.1. The van der Waals surface area contributed by atoms with E-state index in [1.807, 2.05) is 59.5 Å². The standard InChI is InChI=1S/C20H21NO4/c1-25-16-9-7-14(8-10-16)11-21-12-17(15-5-3-2-4-6-15)19(22)18(13-21)20(23)24/h2-10,17-18H,11-13H2,1H3,(H,23,24). The molecule has 1 heterocycles. The monoisotopic (exact) mass is 339 g/mol. The fourth-order valence-corrected chi connectivity index (χ4v) is 3.29. The Hall–Kier alpha value is -2.66. The van der Waals surface area contributed by atoms with E-state index in [4.69, 9.17) is 4.74 Å². The maximum Gasteiger partial charge on any atom is 0.315 e. The van der Waals surface area contributed by atoms with Gasteiger partial charge in [-0.25, -0.2) is 0 Å². The lowest BCUT2D eigenvalue weighted by molar-refractivity contribution is -0.149. The number of aliphatic carboxylic acids is 1. The van der Waals surface area contributed by atoms with Crippen molar-refractivity contribution in [1.29, 1.82) is 0 Å². The van der Waals surface area contributed by atoms with Crippen LogP contribution >= 0.6 is 0 Å². The van der Waals surface area contributed by atoms with Gasteiger partial charge >= 0.3 is 5.97 Å². The van der Waals surface area contributed by atoms with Crippen LogP contribution in [-0.2, 0) is 16.1 Å². The molecule has 1 saturated heterocycles. The minimum atomic E-state index is -1.05. The highest BCUT2D eigenvalue weighted by atomic mass is 16.5. The lowest BCUT2D eigenvalue weighted by atomic mass is 9.83. The first-order valence-corrected chi connectivity index (χ1v) is 8.25. The summed E-state index contributed by atoms with van der Waals surface area (Å²) in [5.41, 5.74) is 1.93. The molecule has 0 aromatic heterocycles. The maximum atomic E-state index is 12.6. The second-order valence-corrected chi connectivity index (χ2v) is 6.30. The van der Waals surface area contributed by atoms with E-state index in [9.17, 15) is 14.7 Å². The van der Waals surface area contributed by atoms with Crippen LogP contribution in [0.2, 0.25) is 0 Å². The largest absolute Gasteiger partial charge is 0.497 e. The van der Waals surface area contributed by atoms with Crippen molar-refractivity contribution in [2.75, 3.05) is 20.2 Å². The molecule has 130 valence electrons. The highest BCUT2D eigenvalue weighted by molar-refractivity contribution is 6.02. The van der Waals surface area contributed by atoms with Gasteiger partial charge < -0.3 is 9.84 Å². The number of Topliss-reactive ketones (excluding diaryl/α,β-unsaturated/α-hetero) is 1. The van der Waals surface area contributed by atoms with E-state index in [-0.39, 0.29) is 12.3 Å². The SMILES string of the molecule is COc1ccc(CN2CC(C(=O)O)C(=O)C(c3ccccc3)C2)cc1. The molecule has 25 heavy (non-hydrogen) atoms. The van der Waals surface area contributed by atoms with E-state index < -0.39 is 17.8 Å². The van der Waals surface area contributed by atoms with Crippen molar-refractivity contribution in [3.63, 3.8) is 0 Å². The number of carboxylic acid groups (broad SMARTS) is 1. The van der Waals surface area contributed by atoms with Gasteiger partial charge in [0.05, 0.1) is 13.0 Å². The van der Waals surface area contributed by atoms with Crippen LogP contribution in [0.1, 0.15) is 17.0 Å². The van der Waals surface area contributed by atoms with Crippen molar-refractivity contribution in [3.8, 4) is 5.75 Å². The second-order valence-electron chi connectivity index (χ2n) is 6.30. The van der Waals surface area contributed by atoms with Gasteiger partial charge in [-0.15, -0.1) is 0 Å². The van der Waals surface area contributed by atoms with E-state index in [0.29, 0.717) is 13.1 Å². The molecule has 1 fully saturated rings. The summed E-state index contributed by atoms with van der Waals surface area (Å²) in [6.07, 6.45) is 0. The Labute approximate surface area is 146 Å². The van der Waals surface area contributed by atoms with Gasteiger partial charge in [-0.1, -0.05) is 42.5 Å². The van der Waals surface area contributed by atoms with Gasteiger partial charge in [-0.05, 0) is 23.3 Å². The number of hydrogen-bond acceptors (Lipinski definition) is 4. The Morgan fingerprint density at radius 1 is 1.12 bits per heavy atom. The van der Waals surface area contributed by atoms with Crippen LogP contribution in [0.5, 0.6) is 5.75 Å². The quantitative estimate of drug-likeness (QED) is 0.848. The zero-order valence-corrected chi connectivity index (χ0v) is 14.1. The molecular weight excluding hydrogens is 318 g/mol. The summed E-state index contributed by atoms with van der Waals surface area (Å²) in [4.78, 5) is 26.2. The van der Waals surface area contributed by atoms with Crippen molar-refractivity contribution < 1.29 is 19.4 Å². The summed E-state index contributed by atoms with van der Waals surface area (Å²) in [6, 6.07) is 17.1. The first-order valence-electron chi connectivity index (χ1n) is 8.25. The first kappa shape index (κ1) is 17.2. The normalized spacial score (nSPS) is 21.1. The van der Waals surface area contributed by atoms with Crippen molar-refractivity contribution >= 4 is 11.8 Å². The van der Waals surface area contributed by atoms with Crippen molar-refractivity contribution in [3.05, 3.63) is 65.7 Å². The van der Waals surface area contributed by atoms with Gasteiger partial charge in [-0.2, -0.15) is 0 Å². The lowest BCUT2D eigenvalue weighted by Gasteiger charge is -2.35. The van der Waals surface area contributed by atoms with Crippen LogP contribution < -0.4 is 4.74 Å². The minimum Gasteiger partial charge on any atom is -0.497 e. The molecule has 0 radical (unpaired) electrons. The maximum absolute atomic E-state index is 12.6. The summed E-state index contributed by atoms with van der Waals surface area (Å²) >= 11 is 0. The molecule has 2 atom stereocenters. The molecule has 5 heteroatoms. The van der Waals surface area contributed by atoms with E-state index in [1.54, 1.807) is 7.11 Å². The molecule has 1 N–H and O–H groups in total. The second kappa shape index (κ2) is 7.49. The number of ether oxygens (including phenoxy) is 1. The van der Waals surface area contributed by atoms with Gasteiger partial charge in [0.2, 0.25) is 0 Å². The molecule has 2 aromatic rings. The molecule has 2 unspecified atom stereocenters. The van der Waals surface area contributed by atoms with Crippen LogP contribution in [0.15, 0.2) is 54.6 Å². The summed E-state index contributed by atoms with van der Waals surface area (Å²) in [5.74, 6) is -1.87. The van der Waals surface area contributed by atoms with Crippen molar-refractivity contribution in [2.45, 2.75) is 12.5 Å². The van der Waals surface area contributed by atoms with Crippen LogP contribution in [0.4, 0.5) is 0 Å². The number of methoxy groups -OCH3 is 1. The highest BCUT2D eigenvalue weighted by Crippen LogP contribution is 2.28. The molecule has 0 bridgehead atoms. The summed E-state index contributed by atoms with van der Waals surface area (Å²) in [5, 5.41) is 9.46. The lowest BCUT2D eigenvalue weighted by Crippen LogP contribution is -2.48. The van der Waals surface area contributed by atoms with Gasteiger partial charge in [0.15, 0.2) is 5.78 Å². The Kier molecular flexibility index (Phi) is 5.14. The number of hydrogen-bond donors (Lipinski definition) is 1. The van der Waals surface area contributed by atoms with Crippen LogP contribution in [0, 0.1) is 5.92 Å².